The average molecular weight is 463 g/mol. The smallest absolute Gasteiger partial charge is 0.268 e. The van der Waals surface area contributed by atoms with Crippen molar-refractivity contribution in [1.82, 2.24) is 0 Å². The summed E-state index contributed by atoms with van der Waals surface area (Å²) in [4.78, 5) is 27.4. The Morgan fingerprint density at radius 3 is 2.33 bits per heavy atom. The van der Waals surface area contributed by atoms with Crippen molar-refractivity contribution >= 4 is 34.8 Å². The monoisotopic (exact) mass is 462 g/mol. The number of nitrogens with one attached hydrogen (secondary N) is 1. The van der Waals surface area contributed by atoms with Crippen molar-refractivity contribution in [2.24, 2.45) is 0 Å². The van der Waals surface area contributed by atoms with Crippen LogP contribution in [0.1, 0.15) is 49.2 Å². The molecule has 1 atom stereocenters. The third-order valence-electron chi connectivity index (χ3n) is 5.69. The molecule has 1 unspecified atom stereocenters. The number of amides is 2. The van der Waals surface area contributed by atoms with Crippen LogP contribution in [0.15, 0.2) is 66.7 Å². The molecule has 2 amide bonds. The Labute approximate surface area is 199 Å². The minimum Gasteiger partial charge on any atom is -0.479 e. The first-order valence-electron chi connectivity index (χ1n) is 10.9. The van der Waals surface area contributed by atoms with E-state index in [0.717, 1.165) is 11.1 Å². The van der Waals surface area contributed by atoms with Crippen molar-refractivity contribution in [3.05, 3.63) is 88.4 Å². The molecule has 0 aromatic heterocycles. The van der Waals surface area contributed by atoms with Crippen LogP contribution in [0.4, 0.5) is 11.4 Å². The molecule has 0 saturated heterocycles. The van der Waals surface area contributed by atoms with Crippen molar-refractivity contribution in [2.45, 2.75) is 45.8 Å². The van der Waals surface area contributed by atoms with E-state index in [2.05, 4.69) is 26.1 Å². The molecule has 5 nitrogen and oxygen atoms in total. The van der Waals surface area contributed by atoms with Gasteiger partial charge in [-0.25, -0.2) is 0 Å². The summed E-state index contributed by atoms with van der Waals surface area (Å²) in [6.45, 7) is 8.51. The quantitative estimate of drug-likeness (QED) is 0.501. The van der Waals surface area contributed by atoms with E-state index in [0.29, 0.717) is 34.3 Å². The summed E-state index contributed by atoms with van der Waals surface area (Å²) >= 11 is 6.00. The van der Waals surface area contributed by atoms with Crippen molar-refractivity contribution in [1.29, 1.82) is 0 Å². The highest BCUT2D eigenvalue weighted by atomic mass is 35.5. The first-order chi connectivity index (χ1) is 15.6. The van der Waals surface area contributed by atoms with Gasteiger partial charge in [-0.2, -0.15) is 0 Å². The molecule has 0 saturated carbocycles. The highest BCUT2D eigenvalue weighted by Crippen LogP contribution is 2.37. The molecule has 3 aromatic carbocycles. The summed E-state index contributed by atoms with van der Waals surface area (Å²) in [6, 6.07) is 20.3. The highest BCUT2D eigenvalue weighted by molar-refractivity contribution is 6.30. The number of anilines is 2. The van der Waals surface area contributed by atoms with Gasteiger partial charge in [0.1, 0.15) is 5.75 Å². The zero-order valence-corrected chi connectivity index (χ0v) is 19.9. The van der Waals surface area contributed by atoms with Crippen molar-refractivity contribution in [2.75, 3.05) is 10.2 Å². The van der Waals surface area contributed by atoms with Crippen molar-refractivity contribution in [3.63, 3.8) is 0 Å². The molecule has 0 spiro atoms. The van der Waals surface area contributed by atoms with Gasteiger partial charge in [0.15, 0.2) is 6.10 Å². The lowest BCUT2D eigenvalue weighted by atomic mass is 9.87. The third kappa shape index (κ3) is 5.04. The summed E-state index contributed by atoms with van der Waals surface area (Å²) < 4.78 is 5.80. The third-order valence-corrected chi connectivity index (χ3v) is 5.94. The number of ether oxygens (including phenoxy) is 1. The standard InChI is InChI=1S/C27H27ClN2O3/c1-17-26(32)30(16-18-5-11-21(28)12-6-18)23-15-22(13-14-24(23)33-17)29-25(31)19-7-9-20(10-8-19)27(2,3)4/h5-15,17H,16H2,1-4H3,(H,29,31). The first kappa shape index (κ1) is 22.9. The normalized spacial score (nSPS) is 15.6. The fourth-order valence-electron chi connectivity index (χ4n) is 3.75. The molecule has 0 fully saturated rings. The van der Waals surface area contributed by atoms with Gasteiger partial charge in [0.05, 0.1) is 12.2 Å². The zero-order valence-electron chi connectivity index (χ0n) is 19.2. The largest absolute Gasteiger partial charge is 0.479 e. The Morgan fingerprint density at radius 1 is 1.03 bits per heavy atom. The minimum absolute atomic E-state index is 0.0186. The number of fused-ring (bicyclic) bond motifs is 1. The second-order valence-corrected chi connectivity index (χ2v) is 9.71. The molecule has 0 bridgehead atoms. The van der Waals surface area contributed by atoms with Crippen LogP contribution in [-0.2, 0) is 16.8 Å². The van der Waals surface area contributed by atoms with Crippen LogP contribution in [0.25, 0.3) is 0 Å². The lowest BCUT2D eigenvalue weighted by molar-refractivity contribution is -0.125. The maximum Gasteiger partial charge on any atom is 0.268 e. The topological polar surface area (TPSA) is 58.6 Å². The second kappa shape index (κ2) is 8.91. The fourth-order valence-corrected chi connectivity index (χ4v) is 3.87. The van der Waals surface area contributed by atoms with Crippen LogP contribution in [0, 0.1) is 0 Å². The second-order valence-electron chi connectivity index (χ2n) is 9.27. The number of nitrogens with zero attached hydrogens (tertiary/aromatic N) is 1. The summed E-state index contributed by atoms with van der Waals surface area (Å²) in [5.74, 6) is 0.248. The predicted molar refractivity (Wildman–Crippen MR) is 132 cm³/mol. The number of halogens is 1. The fraction of sp³-hybridized carbons (Fsp3) is 0.259. The van der Waals surface area contributed by atoms with E-state index in [1.165, 1.54) is 0 Å². The molecule has 170 valence electrons. The van der Waals surface area contributed by atoms with Gasteiger partial charge in [-0.05, 0) is 65.9 Å². The van der Waals surface area contributed by atoms with E-state index >= 15 is 0 Å². The number of benzene rings is 3. The molecule has 1 heterocycles. The summed E-state index contributed by atoms with van der Waals surface area (Å²) in [6.07, 6.45) is -0.591. The van der Waals surface area contributed by atoms with Crippen LogP contribution >= 0.6 is 11.6 Å². The summed E-state index contributed by atoms with van der Waals surface area (Å²) in [5, 5.41) is 3.57. The van der Waals surface area contributed by atoms with Gasteiger partial charge < -0.3 is 15.0 Å². The van der Waals surface area contributed by atoms with Gasteiger partial charge >= 0.3 is 0 Å². The minimum atomic E-state index is -0.591. The SMILES string of the molecule is CC1Oc2ccc(NC(=O)c3ccc(C(C)(C)C)cc3)cc2N(Cc2ccc(Cl)cc2)C1=O. The molecular formula is C27H27ClN2O3. The van der Waals surface area contributed by atoms with Crippen molar-refractivity contribution < 1.29 is 14.3 Å². The van der Waals surface area contributed by atoms with E-state index in [-0.39, 0.29) is 17.2 Å². The van der Waals surface area contributed by atoms with Gasteiger partial charge in [0.25, 0.3) is 11.8 Å². The summed E-state index contributed by atoms with van der Waals surface area (Å²) in [7, 11) is 0. The number of rotatable bonds is 4. The maximum absolute atomic E-state index is 12.9. The van der Waals surface area contributed by atoms with Gasteiger partial charge in [0.2, 0.25) is 0 Å². The van der Waals surface area contributed by atoms with Crippen molar-refractivity contribution in [3.8, 4) is 5.75 Å². The zero-order chi connectivity index (χ0) is 23.8. The van der Waals surface area contributed by atoms with Gasteiger partial charge in [0, 0.05) is 16.3 Å². The van der Waals surface area contributed by atoms with E-state index in [9.17, 15) is 9.59 Å². The molecule has 33 heavy (non-hydrogen) atoms. The Balaban J connectivity index is 1.58. The Morgan fingerprint density at radius 2 is 1.70 bits per heavy atom. The number of carbonyl (C=O) groups excluding carboxylic acids is 2. The maximum atomic E-state index is 12.9. The van der Waals surface area contributed by atoms with E-state index in [4.69, 9.17) is 16.3 Å². The number of hydrogen-bond donors (Lipinski definition) is 1. The molecule has 1 N–H and O–H groups in total. The highest BCUT2D eigenvalue weighted by Gasteiger charge is 2.32. The van der Waals surface area contributed by atoms with Gasteiger partial charge in [-0.15, -0.1) is 0 Å². The van der Waals surface area contributed by atoms with Crippen LogP contribution in [0.5, 0.6) is 5.75 Å². The molecule has 3 aromatic rings. The van der Waals surface area contributed by atoms with Crippen LogP contribution < -0.4 is 15.0 Å². The molecule has 0 aliphatic carbocycles. The Kier molecular flexibility index (Phi) is 6.17. The number of hydrogen-bond acceptors (Lipinski definition) is 3. The van der Waals surface area contributed by atoms with Crippen LogP contribution in [0.3, 0.4) is 0 Å². The molecule has 6 heteroatoms. The number of carbonyl (C=O) groups is 2. The molecule has 1 aliphatic heterocycles. The molecular weight excluding hydrogens is 436 g/mol. The lowest BCUT2D eigenvalue weighted by Crippen LogP contribution is -2.44. The Hall–Kier alpha value is -3.31. The molecule has 4 rings (SSSR count). The van der Waals surface area contributed by atoms with Gasteiger partial charge in [-0.1, -0.05) is 56.6 Å². The van der Waals surface area contributed by atoms with Crippen LogP contribution in [-0.4, -0.2) is 17.9 Å². The lowest BCUT2D eigenvalue weighted by Gasteiger charge is -2.33. The summed E-state index contributed by atoms with van der Waals surface area (Å²) in [5.41, 5.74) is 3.90. The predicted octanol–water partition coefficient (Wildman–Crippen LogP) is 6.20. The molecule has 0 radical (unpaired) electrons. The molecule has 1 aliphatic rings. The average Bonchev–Trinajstić information content (AvgIpc) is 2.78. The van der Waals surface area contributed by atoms with E-state index in [1.807, 2.05) is 36.4 Å². The van der Waals surface area contributed by atoms with E-state index < -0.39 is 6.10 Å². The first-order valence-corrected chi connectivity index (χ1v) is 11.3. The van der Waals surface area contributed by atoms with E-state index in [1.54, 1.807) is 42.2 Å². The van der Waals surface area contributed by atoms with Gasteiger partial charge in [-0.3, -0.25) is 9.59 Å². The Bertz CT molecular complexity index is 1180. The van der Waals surface area contributed by atoms with Crippen LogP contribution in [0.2, 0.25) is 5.02 Å².